The molecular weight excluding hydrogens is 172 g/mol. The fraction of sp³-hybridized carbons (Fsp3) is 0.583. The molecule has 0 saturated heterocycles. The first-order valence-electron chi connectivity index (χ1n) is 5.31. The van der Waals surface area contributed by atoms with Crippen molar-refractivity contribution in [3.8, 4) is 0 Å². The largest absolute Gasteiger partial charge is 0.313 e. The topological polar surface area (TPSA) is 24.9 Å². The molecule has 14 heavy (non-hydrogen) atoms. The number of rotatable bonds is 5. The highest BCUT2D eigenvalue weighted by atomic mass is 14.9. The minimum absolute atomic E-state index is 0.775. The monoisotopic (exact) mass is 192 g/mol. The maximum absolute atomic E-state index is 4.25. The molecule has 0 aliphatic heterocycles. The molecule has 1 aromatic rings. The van der Waals surface area contributed by atoms with Crippen molar-refractivity contribution in [2.45, 2.75) is 33.7 Å². The molecule has 0 fully saturated rings. The summed E-state index contributed by atoms with van der Waals surface area (Å²) >= 11 is 0. The van der Waals surface area contributed by atoms with Crippen LogP contribution in [-0.4, -0.2) is 11.5 Å². The summed E-state index contributed by atoms with van der Waals surface area (Å²) in [5, 5.41) is 3.43. The van der Waals surface area contributed by atoms with Crippen LogP contribution in [0.4, 0.5) is 0 Å². The van der Waals surface area contributed by atoms with E-state index in [4.69, 9.17) is 0 Å². The van der Waals surface area contributed by atoms with Gasteiger partial charge in [0.25, 0.3) is 0 Å². The van der Waals surface area contributed by atoms with Gasteiger partial charge < -0.3 is 5.32 Å². The van der Waals surface area contributed by atoms with Crippen LogP contribution in [0.25, 0.3) is 0 Å². The second-order valence-corrected chi connectivity index (χ2v) is 4.11. The van der Waals surface area contributed by atoms with Crippen molar-refractivity contribution in [2.75, 3.05) is 6.54 Å². The molecule has 0 atom stereocenters. The molecule has 0 radical (unpaired) electrons. The fourth-order valence-electron chi connectivity index (χ4n) is 1.32. The van der Waals surface area contributed by atoms with E-state index in [1.165, 1.54) is 12.0 Å². The van der Waals surface area contributed by atoms with Crippen molar-refractivity contribution in [3.05, 3.63) is 29.6 Å². The van der Waals surface area contributed by atoms with Gasteiger partial charge >= 0.3 is 0 Å². The second-order valence-electron chi connectivity index (χ2n) is 4.11. The zero-order valence-corrected chi connectivity index (χ0v) is 9.38. The van der Waals surface area contributed by atoms with Crippen LogP contribution in [0.3, 0.4) is 0 Å². The first-order chi connectivity index (χ1) is 6.70. The predicted molar refractivity (Wildman–Crippen MR) is 60.1 cm³/mol. The van der Waals surface area contributed by atoms with Crippen molar-refractivity contribution in [1.82, 2.24) is 10.3 Å². The molecule has 0 aliphatic rings. The Labute approximate surface area is 86.8 Å². The van der Waals surface area contributed by atoms with E-state index in [0.717, 1.165) is 24.7 Å². The van der Waals surface area contributed by atoms with Gasteiger partial charge in [-0.1, -0.05) is 19.9 Å². The summed E-state index contributed by atoms with van der Waals surface area (Å²) in [6.45, 7) is 8.58. The van der Waals surface area contributed by atoms with Crippen molar-refractivity contribution in [3.63, 3.8) is 0 Å². The average Bonchev–Trinajstić information content (AvgIpc) is 2.15. The summed E-state index contributed by atoms with van der Waals surface area (Å²) < 4.78 is 0. The van der Waals surface area contributed by atoms with Crippen molar-refractivity contribution < 1.29 is 0 Å². The van der Waals surface area contributed by atoms with Crippen molar-refractivity contribution in [1.29, 1.82) is 0 Å². The van der Waals surface area contributed by atoms with Crippen LogP contribution in [0, 0.1) is 12.8 Å². The Bertz CT molecular complexity index is 269. The lowest BCUT2D eigenvalue weighted by Gasteiger charge is -2.08. The number of pyridine rings is 1. The minimum Gasteiger partial charge on any atom is -0.313 e. The lowest BCUT2D eigenvalue weighted by Crippen LogP contribution is -2.17. The molecule has 2 nitrogen and oxygen atoms in total. The van der Waals surface area contributed by atoms with E-state index in [-0.39, 0.29) is 0 Å². The first-order valence-corrected chi connectivity index (χ1v) is 5.31. The van der Waals surface area contributed by atoms with Crippen molar-refractivity contribution in [2.24, 2.45) is 5.92 Å². The van der Waals surface area contributed by atoms with E-state index in [1.54, 1.807) is 0 Å². The molecule has 78 valence electrons. The molecule has 2 heteroatoms. The molecule has 0 saturated carbocycles. The highest BCUT2D eigenvalue weighted by Gasteiger charge is 1.97. The van der Waals surface area contributed by atoms with Crippen LogP contribution in [-0.2, 0) is 6.54 Å². The number of nitrogens with zero attached hydrogens (tertiary/aromatic N) is 1. The number of hydrogen-bond donors (Lipinski definition) is 1. The fourth-order valence-corrected chi connectivity index (χ4v) is 1.32. The summed E-state index contributed by atoms with van der Waals surface area (Å²) in [4.78, 5) is 4.25. The third-order valence-electron chi connectivity index (χ3n) is 2.33. The predicted octanol–water partition coefficient (Wildman–Crippen LogP) is 2.53. The van der Waals surface area contributed by atoms with Gasteiger partial charge in [0.2, 0.25) is 0 Å². The van der Waals surface area contributed by atoms with Gasteiger partial charge in [-0.05, 0) is 37.4 Å². The van der Waals surface area contributed by atoms with E-state index in [9.17, 15) is 0 Å². The Balaban J connectivity index is 2.28. The van der Waals surface area contributed by atoms with Gasteiger partial charge in [0.1, 0.15) is 0 Å². The molecule has 1 rings (SSSR count). The van der Waals surface area contributed by atoms with Crippen LogP contribution in [0.1, 0.15) is 31.5 Å². The average molecular weight is 192 g/mol. The Morgan fingerprint density at radius 2 is 2.21 bits per heavy atom. The van der Waals surface area contributed by atoms with Crippen LogP contribution < -0.4 is 5.32 Å². The Morgan fingerprint density at radius 1 is 1.43 bits per heavy atom. The van der Waals surface area contributed by atoms with Gasteiger partial charge in [0, 0.05) is 18.4 Å². The normalized spacial score (nSPS) is 10.9. The third kappa shape index (κ3) is 3.88. The van der Waals surface area contributed by atoms with Crippen LogP contribution in [0.5, 0.6) is 0 Å². The van der Waals surface area contributed by atoms with Gasteiger partial charge in [-0.25, -0.2) is 0 Å². The summed E-state index contributed by atoms with van der Waals surface area (Å²) in [7, 11) is 0. The SMILES string of the molecule is Cc1ncccc1CNCCC(C)C. The minimum atomic E-state index is 0.775. The second kappa shape index (κ2) is 5.76. The van der Waals surface area contributed by atoms with E-state index in [0.29, 0.717) is 0 Å². The molecule has 1 heterocycles. The molecular formula is C12H20N2. The van der Waals surface area contributed by atoms with Gasteiger partial charge in [-0.3, -0.25) is 4.98 Å². The van der Waals surface area contributed by atoms with Crippen LogP contribution in [0.15, 0.2) is 18.3 Å². The van der Waals surface area contributed by atoms with E-state index in [2.05, 4.69) is 37.1 Å². The molecule has 0 unspecified atom stereocenters. The van der Waals surface area contributed by atoms with Crippen molar-refractivity contribution >= 4 is 0 Å². The molecule has 0 spiro atoms. The standard InChI is InChI=1S/C12H20N2/c1-10(2)6-8-13-9-12-5-4-7-14-11(12)3/h4-5,7,10,13H,6,8-9H2,1-3H3. The Morgan fingerprint density at radius 3 is 2.86 bits per heavy atom. The summed E-state index contributed by atoms with van der Waals surface area (Å²) in [5.74, 6) is 0.775. The van der Waals surface area contributed by atoms with Gasteiger partial charge in [0.05, 0.1) is 0 Å². The number of hydrogen-bond acceptors (Lipinski definition) is 2. The molecule has 1 aromatic heterocycles. The van der Waals surface area contributed by atoms with Crippen LogP contribution in [0.2, 0.25) is 0 Å². The Hall–Kier alpha value is -0.890. The maximum Gasteiger partial charge on any atom is 0.0417 e. The first kappa shape index (κ1) is 11.2. The summed E-state index contributed by atoms with van der Waals surface area (Å²) in [6.07, 6.45) is 3.08. The third-order valence-corrected chi connectivity index (χ3v) is 2.33. The number of aryl methyl sites for hydroxylation is 1. The lowest BCUT2D eigenvalue weighted by molar-refractivity contribution is 0.536. The highest BCUT2D eigenvalue weighted by Crippen LogP contribution is 2.03. The smallest absolute Gasteiger partial charge is 0.0417 e. The molecule has 0 amide bonds. The zero-order chi connectivity index (χ0) is 10.4. The van der Waals surface area contributed by atoms with E-state index < -0.39 is 0 Å². The molecule has 1 N–H and O–H groups in total. The Kier molecular flexibility index (Phi) is 4.60. The quantitative estimate of drug-likeness (QED) is 0.725. The van der Waals surface area contributed by atoms with Gasteiger partial charge in [0.15, 0.2) is 0 Å². The molecule has 0 aliphatic carbocycles. The maximum atomic E-state index is 4.25. The van der Waals surface area contributed by atoms with Crippen LogP contribution >= 0.6 is 0 Å². The molecule has 0 bridgehead atoms. The van der Waals surface area contributed by atoms with E-state index in [1.807, 2.05) is 12.3 Å². The summed E-state index contributed by atoms with van der Waals surface area (Å²) in [5.41, 5.74) is 2.43. The zero-order valence-electron chi connectivity index (χ0n) is 9.38. The summed E-state index contributed by atoms with van der Waals surface area (Å²) in [6, 6.07) is 4.12. The highest BCUT2D eigenvalue weighted by molar-refractivity contribution is 5.17. The number of aromatic nitrogens is 1. The lowest BCUT2D eigenvalue weighted by atomic mass is 10.1. The van der Waals surface area contributed by atoms with E-state index >= 15 is 0 Å². The number of nitrogens with one attached hydrogen (secondary N) is 1. The van der Waals surface area contributed by atoms with Gasteiger partial charge in [-0.2, -0.15) is 0 Å². The van der Waals surface area contributed by atoms with Gasteiger partial charge in [-0.15, -0.1) is 0 Å². The molecule has 0 aromatic carbocycles.